The van der Waals surface area contributed by atoms with Crippen molar-refractivity contribution in [2.75, 3.05) is 38.6 Å². The van der Waals surface area contributed by atoms with Gasteiger partial charge in [0.25, 0.3) is 0 Å². The molecule has 0 aromatic heterocycles. The Hall–Kier alpha value is -1.05. The number of likely N-dealkylation sites (N-methyl/N-ethyl adjacent to an activating group) is 1. The first-order valence-electron chi connectivity index (χ1n) is 6.96. The molecule has 0 bridgehead atoms. The molecular formula is C16H24BrN3. The van der Waals surface area contributed by atoms with E-state index in [1.165, 1.54) is 0 Å². The van der Waals surface area contributed by atoms with E-state index >= 15 is 0 Å². The normalized spacial score (nSPS) is 10.9. The summed E-state index contributed by atoms with van der Waals surface area (Å²) in [6, 6.07) is 8.48. The highest BCUT2D eigenvalue weighted by molar-refractivity contribution is 9.08. The van der Waals surface area contributed by atoms with Crippen LogP contribution in [-0.2, 0) is 5.33 Å². The Morgan fingerprint density at radius 1 is 1.25 bits per heavy atom. The summed E-state index contributed by atoms with van der Waals surface area (Å²) in [5.41, 5.74) is 2.96. The van der Waals surface area contributed by atoms with Crippen LogP contribution in [0.2, 0.25) is 0 Å². The summed E-state index contributed by atoms with van der Waals surface area (Å²) in [7, 11) is 4.15. The summed E-state index contributed by atoms with van der Waals surface area (Å²) in [6.07, 6.45) is 0. The molecule has 1 rings (SSSR count). The van der Waals surface area contributed by atoms with Crippen LogP contribution in [0.15, 0.2) is 18.2 Å². The second kappa shape index (κ2) is 8.28. The largest absolute Gasteiger partial charge is 0.369 e. The number of nitriles is 1. The third kappa shape index (κ3) is 5.15. The van der Waals surface area contributed by atoms with E-state index in [-0.39, 0.29) is 0 Å². The Morgan fingerprint density at radius 3 is 2.45 bits per heavy atom. The fourth-order valence-electron chi connectivity index (χ4n) is 2.10. The van der Waals surface area contributed by atoms with Gasteiger partial charge in [-0.2, -0.15) is 5.26 Å². The van der Waals surface area contributed by atoms with Gasteiger partial charge in [0.2, 0.25) is 0 Å². The monoisotopic (exact) mass is 337 g/mol. The van der Waals surface area contributed by atoms with Gasteiger partial charge in [-0.1, -0.05) is 35.8 Å². The predicted molar refractivity (Wildman–Crippen MR) is 89.4 cm³/mol. The van der Waals surface area contributed by atoms with Crippen molar-refractivity contribution < 1.29 is 0 Å². The molecule has 0 spiro atoms. The Kier molecular flexibility index (Phi) is 7.04. The van der Waals surface area contributed by atoms with Crippen LogP contribution in [0.4, 0.5) is 5.69 Å². The minimum absolute atomic E-state index is 0.569. The lowest BCUT2D eigenvalue weighted by molar-refractivity contribution is 0.409. The average molecular weight is 338 g/mol. The fraction of sp³-hybridized carbons (Fsp3) is 0.562. The average Bonchev–Trinajstić information content (AvgIpc) is 2.42. The molecule has 0 amide bonds. The van der Waals surface area contributed by atoms with E-state index in [1.54, 1.807) is 0 Å². The topological polar surface area (TPSA) is 30.3 Å². The van der Waals surface area contributed by atoms with Gasteiger partial charge in [0, 0.05) is 25.0 Å². The van der Waals surface area contributed by atoms with E-state index in [1.807, 2.05) is 6.07 Å². The third-order valence-electron chi connectivity index (χ3n) is 3.08. The molecule has 0 saturated heterocycles. The lowest BCUT2D eigenvalue weighted by Gasteiger charge is -2.29. The molecule has 0 atom stereocenters. The number of alkyl halides is 1. The van der Waals surface area contributed by atoms with Crippen LogP contribution < -0.4 is 4.90 Å². The summed E-state index contributed by atoms with van der Waals surface area (Å²) in [6.45, 7) is 7.31. The minimum atomic E-state index is 0.569. The summed E-state index contributed by atoms with van der Waals surface area (Å²) >= 11 is 3.44. The van der Waals surface area contributed by atoms with E-state index in [0.29, 0.717) is 5.92 Å². The van der Waals surface area contributed by atoms with Crippen LogP contribution in [0.25, 0.3) is 0 Å². The molecule has 0 saturated carbocycles. The molecule has 0 unspecified atom stereocenters. The van der Waals surface area contributed by atoms with Gasteiger partial charge in [-0.05, 0) is 37.7 Å². The maximum atomic E-state index is 9.40. The first-order valence-corrected chi connectivity index (χ1v) is 8.08. The quantitative estimate of drug-likeness (QED) is 0.713. The molecule has 1 aromatic rings. The van der Waals surface area contributed by atoms with Crippen LogP contribution >= 0.6 is 15.9 Å². The van der Waals surface area contributed by atoms with Gasteiger partial charge in [-0.3, -0.25) is 0 Å². The molecule has 110 valence electrons. The van der Waals surface area contributed by atoms with Crippen molar-refractivity contribution in [3.05, 3.63) is 29.3 Å². The maximum absolute atomic E-state index is 9.40. The molecule has 0 aliphatic heterocycles. The van der Waals surface area contributed by atoms with Gasteiger partial charge in [0.05, 0.1) is 11.3 Å². The third-order valence-corrected chi connectivity index (χ3v) is 3.73. The van der Waals surface area contributed by atoms with E-state index in [2.05, 4.69) is 71.9 Å². The molecule has 1 aromatic carbocycles. The van der Waals surface area contributed by atoms with Crippen LogP contribution in [-0.4, -0.2) is 38.6 Å². The first-order chi connectivity index (χ1) is 9.47. The second-order valence-electron chi connectivity index (χ2n) is 5.74. The zero-order valence-electron chi connectivity index (χ0n) is 12.9. The molecule has 4 heteroatoms. The highest BCUT2D eigenvalue weighted by atomic mass is 79.9. The number of hydrogen-bond donors (Lipinski definition) is 0. The minimum Gasteiger partial charge on any atom is -0.369 e. The lowest BCUT2D eigenvalue weighted by atomic mass is 10.1. The molecule has 0 fully saturated rings. The lowest BCUT2D eigenvalue weighted by Crippen LogP contribution is -2.34. The molecular weight excluding hydrogens is 314 g/mol. The number of benzene rings is 1. The fourth-order valence-corrected chi connectivity index (χ4v) is 2.45. The SMILES string of the molecule is CC(C)CN(CCN(C)C)c1ccc(CBr)cc1C#N. The van der Waals surface area contributed by atoms with Gasteiger partial charge in [0.15, 0.2) is 0 Å². The van der Waals surface area contributed by atoms with Gasteiger partial charge in [-0.25, -0.2) is 0 Å². The zero-order chi connectivity index (χ0) is 15.1. The van der Waals surface area contributed by atoms with Crippen molar-refractivity contribution in [3.8, 4) is 6.07 Å². The Balaban J connectivity index is 3.02. The Morgan fingerprint density at radius 2 is 1.95 bits per heavy atom. The summed E-state index contributed by atoms with van der Waals surface area (Å²) in [5, 5.41) is 10.2. The van der Waals surface area contributed by atoms with E-state index in [0.717, 1.165) is 41.8 Å². The van der Waals surface area contributed by atoms with Crippen molar-refractivity contribution in [2.24, 2.45) is 5.92 Å². The van der Waals surface area contributed by atoms with Crippen molar-refractivity contribution >= 4 is 21.6 Å². The maximum Gasteiger partial charge on any atom is 0.101 e. The number of anilines is 1. The summed E-state index contributed by atoms with van der Waals surface area (Å²) < 4.78 is 0. The Bertz CT molecular complexity index is 463. The predicted octanol–water partition coefficient (Wildman–Crippen LogP) is 3.48. The van der Waals surface area contributed by atoms with Gasteiger partial charge < -0.3 is 9.80 Å². The number of rotatable bonds is 7. The van der Waals surface area contributed by atoms with Crippen LogP contribution in [0.5, 0.6) is 0 Å². The van der Waals surface area contributed by atoms with E-state index in [4.69, 9.17) is 0 Å². The molecule has 20 heavy (non-hydrogen) atoms. The van der Waals surface area contributed by atoms with E-state index < -0.39 is 0 Å². The molecule has 0 heterocycles. The highest BCUT2D eigenvalue weighted by Gasteiger charge is 2.13. The standard InChI is InChI=1S/C16H24BrN3/c1-13(2)12-20(8-7-19(3)4)16-6-5-14(10-17)9-15(16)11-18/h5-6,9,13H,7-8,10,12H2,1-4H3. The summed E-state index contributed by atoms with van der Waals surface area (Å²) in [4.78, 5) is 4.49. The van der Waals surface area contributed by atoms with Gasteiger partial charge in [0.1, 0.15) is 6.07 Å². The van der Waals surface area contributed by atoms with Crippen molar-refractivity contribution in [1.82, 2.24) is 4.90 Å². The highest BCUT2D eigenvalue weighted by Crippen LogP contribution is 2.23. The Labute approximate surface area is 131 Å². The van der Waals surface area contributed by atoms with E-state index in [9.17, 15) is 5.26 Å². The molecule has 0 N–H and O–H groups in total. The van der Waals surface area contributed by atoms with Gasteiger partial charge >= 0.3 is 0 Å². The molecule has 0 aliphatic carbocycles. The van der Waals surface area contributed by atoms with Crippen molar-refractivity contribution in [3.63, 3.8) is 0 Å². The van der Waals surface area contributed by atoms with Crippen LogP contribution in [0.1, 0.15) is 25.0 Å². The van der Waals surface area contributed by atoms with Crippen molar-refractivity contribution in [2.45, 2.75) is 19.2 Å². The zero-order valence-corrected chi connectivity index (χ0v) is 14.4. The number of halogens is 1. The number of hydrogen-bond acceptors (Lipinski definition) is 3. The molecule has 0 aliphatic rings. The molecule has 0 radical (unpaired) electrons. The smallest absolute Gasteiger partial charge is 0.101 e. The van der Waals surface area contributed by atoms with Gasteiger partial charge in [-0.15, -0.1) is 0 Å². The van der Waals surface area contributed by atoms with Crippen molar-refractivity contribution in [1.29, 1.82) is 5.26 Å². The summed E-state index contributed by atoms with van der Waals surface area (Å²) in [5.74, 6) is 0.569. The van der Waals surface area contributed by atoms with Crippen LogP contribution in [0.3, 0.4) is 0 Å². The molecule has 3 nitrogen and oxygen atoms in total. The second-order valence-corrected chi connectivity index (χ2v) is 6.30. The van der Waals surface area contributed by atoms with Crippen LogP contribution in [0, 0.1) is 17.2 Å². The first kappa shape index (κ1) is 17.0. The number of nitrogens with zero attached hydrogens (tertiary/aromatic N) is 3.